The van der Waals surface area contributed by atoms with Gasteiger partial charge in [-0.15, -0.1) is 0 Å². The molecule has 0 saturated heterocycles. The third-order valence-corrected chi connectivity index (χ3v) is 3.55. The van der Waals surface area contributed by atoms with Gasteiger partial charge in [0.1, 0.15) is 5.75 Å². The van der Waals surface area contributed by atoms with E-state index in [2.05, 4.69) is 52.1 Å². The molecule has 0 aliphatic heterocycles. The summed E-state index contributed by atoms with van der Waals surface area (Å²) in [5.74, 6) is 0.931. The summed E-state index contributed by atoms with van der Waals surface area (Å²) in [7, 11) is 1.79. The van der Waals surface area contributed by atoms with E-state index >= 15 is 0 Å². The molecule has 1 aromatic carbocycles. The quantitative estimate of drug-likeness (QED) is 0.779. The third-order valence-electron chi connectivity index (χ3n) is 3.55. The Bertz CT molecular complexity index is 395. The maximum absolute atomic E-state index is 5.79. The number of benzene rings is 1. The van der Waals surface area contributed by atoms with Crippen molar-refractivity contribution in [2.45, 2.75) is 53.2 Å². The average Bonchev–Trinajstić information content (AvgIpc) is 2.44. The molecule has 2 atom stereocenters. The van der Waals surface area contributed by atoms with Crippen molar-refractivity contribution in [1.82, 2.24) is 5.32 Å². The molecule has 0 bridgehead atoms. The van der Waals surface area contributed by atoms with Crippen molar-refractivity contribution in [1.29, 1.82) is 0 Å². The van der Waals surface area contributed by atoms with E-state index in [9.17, 15) is 0 Å². The first-order valence-corrected chi connectivity index (χ1v) is 7.93. The Labute approximate surface area is 130 Å². The minimum atomic E-state index is 0.0684. The summed E-state index contributed by atoms with van der Waals surface area (Å²) >= 11 is 0. The van der Waals surface area contributed by atoms with Gasteiger partial charge in [-0.25, -0.2) is 0 Å². The van der Waals surface area contributed by atoms with Crippen LogP contribution < -0.4 is 10.1 Å². The fourth-order valence-corrected chi connectivity index (χ4v) is 2.60. The highest BCUT2D eigenvalue weighted by Gasteiger charge is 2.32. The molecule has 0 aliphatic carbocycles. The van der Waals surface area contributed by atoms with Gasteiger partial charge in [0.15, 0.2) is 0 Å². The number of ether oxygens (including phenoxy) is 2. The molecule has 1 aromatic rings. The van der Waals surface area contributed by atoms with Gasteiger partial charge < -0.3 is 14.8 Å². The van der Waals surface area contributed by atoms with Crippen molar-refractivity contribution in [3.63, 3.8) is 0 Å². The number of hydrogen-bond acceptors (Lipinski definition) is 3. The van der Waals surface area contributed by atoms with Gasteiger partial charge in [0, 0.05) is 7.11 Å². The molecule has 0 aliphatic rings. The first-order chi connectivity index (χ1) is 9.93. The van der Waals surface area contributed by atoms with E-state index in [0.29, 0.717) is 0 Å². The highest BCUT2D eigenvalue weighted by atomic mass is 16.5. The van der Waals surface area contributed by atoms with Crippen molar-refractivity contribution < 1.29 is 9.47 Å². The number of nitrogens with one attached hydrogen (secondary N) is 1. The van der Waals surface area contributed by atoms with Crippen LogP contribution in [0.2, 0.25) is 0 Å². The van der Waals surface area contributed by atoms with E-state index in [4.69, 9.17) is 9.47 Å². The van der Waals surface area contributed by atoms with Gasteiger partial charge in [0.05, 0.1) is 18.8 Å². The Balaban J connectivity index is 2.94. The zero-order chi connectivity index (χ0) is 15.9. The second-order valence-corrected chi connectivity index (χ2v) is 6.48. The Morgan fingerprint density at radius 1 is 1.10 bits per heavy atom. The second kappa shape index (κ2) is 8.40. The van der Waals surface area contributed by atoms with Gasteiger partial charge in [-0.2, -0.15) is 0 Å². The van der Waals surface area contributed by atoms with Crippen LogP contribution in [0.15, 0.2) is 24.3 Å². The standard InChI is InChI=1S/C18H31NO2/c1-7-13-21-15-11-9-14(10-12-15)16(19-8-2)17(20-6)18(3,4)5/h9-12,16-17,19H,7-8,13H2,1-6H3. The van der Waals surface area contributed by atoms with Gasteiger partial charge >= 0.3 is 0 Å². The van der Waals surface area contributed by atoms with Gasteiger partial charge in [0.2, 0.25) is 0 Å². The molecule has 3 nitrogen and oxygen atoms in total. The van der Waals surface area contributed by atoms with Crippen molar-refractivity contribution >= 4 is 0 Å². The first-order valence-electron chi connectivity index (χ1n) is 7.93. The van der Waals surface area contributed by atoms with Gasteiger partial charge in [0.25, 0.3) is 0 Å². The smallest absolute Gasteiger partial charge is 0.119 e. The van der Waals surface area contributed by atoms with Crippen LogP contribution in [0.25, 0.3) is 0 Å². The predicted molar refractivity (Wildman–Crippen MR) is 88.9 cm³/mol. The molecule has 0 heterocycles. The summed E-state index contributed by atoms with van der Waals surface area (Å²) in [4.78, 5) is 0. The topological polar surface area (TPSA) is 30.5 Å². The summed E-state index contributed by atoms with van der Waals surface area (Å²) < 4.78 is 11.4. The molecule has 2 unspecified atom stereocenters. The van der Waals surface area contributed by atoms with E-state index in [1.807, 2.05) is 12.1 Å². The molecule has 0 aromatic heterocycles. The highest BCUT2D eigenvalue weighted by molar-refractivity contribution is 5.30. The molecule has 3 heteroatoms. The number of methoxy groups -OCH3 is 1. The monoisotopic (exact) mass is 293 g/mol. The third kappa shape index (κ3) is 5.33. The van der Waals surface area contributed by atoms with E-state index in [1.165, 1.54) is 5.56 Å². The summed E-state index contributed by atoms with van der Waals surface area (Å²) in [5.41, 5.74) is 1.31. The molecule has 0 spiro atoms. The molecular weight excluding hydrogens is 262 g/mol. The summed E-state index contributed by atoms with van der Waals surface area (Å²) in [6, 6.07) is 8.54. The molecule has 1 rings (SSSR count). The maximum Gasteiger partial charge on any atom is 0.119 e. The zero-order valence-corrected chi connectivity index (χ0v) is 14.4. The van der Waals surface area contributed by atoms with Gasteiger partial charge in [-0.05, 0) is 36.1 Å². The van der Waals surface area contributed by atoms with Crippen LogP contribution in [0.5, 0.6) is 5.75 Å². The number of rotatable bonds is 8. The van der Waals surface area contributed by atoms with Crippen molar-refractivity contribution in [2.24, 2.45) is 5.41 Å². The van der Waals surface area contributed by atoms with E-state index < -0.39 is 0 Å². The first kappa shape index (κ1) is 18.0. The average molecular weight is 293 g/mol. The SMILES string of the molecule is CCCOc1ccc(C(NCC)C(OC)C(C)(C)C)cc1. The van der Waals surface area contributed by atoms with Crippen molar-refractivity contribution in [2.75, 3.05) is 20.3 Å². The molecule has 21 heavy (non-hydrogen) atoms. The van der Waals surface area contributed by atoms with Gasteiger partial charge in [-0.3, -0.25) is 0 Å². The zero-order valence-electron chi connectivity index (χ0n) is 14.4. The predicted octanol–water partition coefficient (Wildman–Crippen LogP) is 4.19. The van der Waals surface area contributed by atoms with E-state index in [0.717, 1.165) is 25.3 Å². The molecule has 0 fully saturated rings. The van der Waals surface area contributed by atoms with E-state index in [-0.39, 0.29) is 17.6 Å². The van der Waals surface area contributed by atoms with Crippen LogP contribution in [0.3, 0.4) is 0 Å². The maximum atomic E-state index is 5.79. The molecule has 0 radical (unpaired) electrons. The summed E-state index contributed by atoms with van der Waals surface area (Å²) in [5, 5.41) is 3.55. The van der Waals surface area contributed by atoms with Crippen LogP contribution in [-0.2, 0) is 4.74 Å². The number of hydrogen-bond donors (Lipinski definition) is 1. The molecule has 0 amide bonds. The summed E-state index contributed by atoms with van der Waals surface area (Å²) in [6.07, 6.45) is 1.14. The Morgan fingerprint density at radius 3 is 2.14 bits per heavy atom. The normalized spacial score (nSPS) is 14.8. The van der Waals surface area contributed by atoms with Crippen LogP contribution in [0.1, 0.15) is 52.6 Å². The number of likely N-dealkylation sites (N-methyl/N-ethyl adjacent to an activating group) is 1. The Kier molecular flexibility index (Phi) is 7.20. The van der Waals surface area contributed by atoms with E-state index in [1.54, 1.807) is 7.11 Å². The van der Waals surface area contributed by atoms with Crippen molar-refractivity contribution in [3.8, 4) is 5.75 Å². The fraction of sp³-hybridized carbons (Fsp3) is 0.667. The Hall–Kier alpha value is -1.06. The largest absolute Gasteiger partial charge is 0.494 e. The van der Waals surface area contributed by atoms with Crippen LogP contribution in [0.4, 0.5) is 0 Å². The summed E-state index contributed by atoms with van der Waals surface area (Å²) in [6.45, 7) is 12.6. The second-order valence-electron chi connectivity index (χ2n) is 6.48. The van der Waals surface area contributed by atoms with Crippen LogP contribution >= 0.6 is 0 Å². The molecule has 120 valence electrons. The Morgan fingerprint density at radius 2 is 1.71 bits per heavy atom. The minimum absolute atomic E-state index is 0.0684. The lowest BCUT2D eigenvalue weighted by molar-refractivity contribution is -0.0116. The van der Waals surface area contributed by atoms with Crippen LogP contribution in [-0.4, -0.2) is 26.4 Å². The fourth-order valence-electron chi connectivity index (χ4n) is 2.60. The van der Waals surface area contributed by atoms with Crippen LogP contribution in [0, 0.1) is 5.41 Å². The van der Waals surface area contributed by atoms with Gasteiger partial charge in [-0.1, -0.05) is 46.8 Å². The minimum Gasteiger partial charge on any atom is -0.494 e. The lowest BCUT2D eigenvalue weighted by Crippen LogP contribution is -2.41. The lowest BCUT2D eigenvalue weighted by atomic mass is 9.82. The lowest BCUT2D eigenvalue weighted by Gasteiger charge is -2.36. The highest BCUT2D eigenvalue weighted by Crippen LogP contribution is 2.33. The van der Waals surface area contributed by atoms with Crippen molar-refractivity contribution in [3.05, 3.63) is 29.8 Å². The molecular formula is C18H31NO2. The molecule has 0 saturated carbocycles. The molecule has 1 N–H and O–H groups in total.